The van der Waals surface area contributed by atoms with Crippen LogP contribution in [0.5, 0.6) is 5.75 Å². The van der Waals surface area contributed by atoms with E-state index in [1.54, 1.807) is 20.1 Å². The van der Waals surface area contributed by atoms with Crippen molar-refractivity contribution in [1.82, 2.24) is 9.97 Å². The van der Waals surface area contributed by atoms with E-state index >= 15 is 0 Å². The van der Waals surface area contributed by atoms with E-state index in [0.717, 1.165) is 22.2 Å². The summed E-state index contributed by atoms with van der Waals surface area (Å²) in [5, 5.41) is 1.31. The Kier molecular flexibility index (Phi) is 3.60. The van der Waals surface area contributed by atoms with E-state index in [9.17, 15) is 9.59 Å². The molecule has 0 saturated heterocycles. The smallest absolute Gasteiger partial charge is 0.343 e. The lowest BCUT2D eigenvalue weighted by molar-refractivity contribution is 0.0524. The number of hydrogen-bond donors (Lipinski definition) is 2. The van der Waals surface area contributed by atoms with Crippen molar-refractivity contribution in [3.63, 3.8) is 0 Å². The van der Waals surface area contributed by atoms with Crippen molar-refractivity contribution >= 4 is 27.8 Å². The van der Waals surface area contributed by atoms with E-state index in [-0.39, 0.29) is 17.6 Å². The number of hydrogen-bond acceptors (Lipinski definition) is 4. The van der Waals surface area contributed by atoms with Crippen LogP contribution < -0.4 is 10.2 Å². The summed E-state index contributed by atoms with van der Waals surface area (Å²) in [6, 6.07) is 1.79. The minimum Gasteiger partial charge on any atom is -0.492 e. The number of aromatic nitrogens is 2. The van der Waals surface area contributed by atoms with Crippen molar-refractivity contribution in [1.29, 1.82) is 0 Å². The first kappa shape index (κ1) is 15.1. The van der Waals surface area contributed by atoms with Gasteiger partial charge in [0.15, 0.2) is 5.75 Å². The number of benzene rings is 1. The molecule has 2 heterocycles. The summed E-state index contributed by atoms with van der Waals surface area (Å²) < 4.78 is 10.4. The van der Waals surface area contributed by atoms with Crippen molar-refractivity contribution in [2.75, 3.05) is 13.7 Å². The third-order valence-corrected chi connectivity index (χ3v) is 4.11. The fraction of sp³-hybridized carbons (Fsp3) is 0.294. The number of H-pyrrole nitrogens is 2. The molecular formula is C17H18N2O4. The highest BCUT2D eigenvalue weighted by molar-refractivity contribution is 6.05. The molecule has 0 spiro atoms. The quantitative estimate of drug-likeness (QED) is 0.728. The number of fused-ring (bicyclic) bond motifs is 2. The molecule has 2 aromatic heterocycles. The maximum Gasteiger partial charge on any atom is 0.343 e. The van der Waals surface area contributed by atoms with Gasteiger partial charge in [-0.2, -0.15) is 0 Å². The minimum absolute atomic E-state index is 0.00864. The van der Waals surface area contributed by atoms with Gasteiger partial charge in [0.05, 0.1) is 30.1 Å². The highest BCUT2D eigenvalue weighted by Gasteiger charge is 2.19. The molecule has 6 nitrogen and oxygen atoms in total. The molecule has 0 aliphatic rings. The van der Waals surface area contributed by atoms with Gasteiger partial charge >= 0.3 is 5.97 Å². The number of methoxy groups -OCH3 is 1. The number of aryl methyl sites for hydroxylation is 2. The van der Waals surface area contributed by atoms with Gasteiger partial charge < -0.3 is 19.4 Å². The first-order chi connectivity index (χ1) is 11.0. The standard InChI is InChI=1S/C17H18N2O4/c1-5-23-17(21)12-7-18-13-11(15(12)20)6-10-8(2)9(3)19-14(10)16(13)22-4/h6-7,19H,5H2,1-4H3,(H,18,20). The molecule has 0 bridgehead atoms. The van der Waals surface area contributed by atoms with Crippen molar-refractivity contribution in [2.45, 2.75) is 20.8 Å². The van der Waals surface area contributed by atoms with Crippen LogP contribution in [0.2, 0.25) is 0 Å². The van der Waals surface area contributed by atoms with Gasteiger partial charge in [0.1, 0.15) is 5.56 Å². The SMILES string of the molecule is CCOC(=O)c1c[nH]c2c(OC)c3[nH]c(C)c(C)c3cc2c1=O. The van der Waals surface area contributed by atoms with E-state index in [4.69, 9.17) is 9.47 Å². The number of carbonyl (C=O) groups excluding carboxylic acids is 1. The molecule has 23 heavy (non-hydrogen) atoms. The van der Waals surface area contributed by atoms with E-state index in [0.29, 0.717) is 16.7 Å². The second kappa shape index (κ2) is 5.46. The van der Waals surface area contributed by atoms with Crippen LogP contribution in [0.25, 0.3) is 21.8 Å². The highest BCUT2D eigenvalue weighted by Crippen LogP contribution is 2.34. The third kappa shape index (κ3) is 2.18. The van der Waals surface area contributed by atoms with E-state index in [1.807, 2.05) is 13.8 Å². The van der Waals surface area contributed by atoms with Crippen molar-refractivity contribution in [2.24, 2.45) is 0 Å². The van der Waals surface area contributed by atoms with Gasteiger partial charge in [-0.05, 0) is 32.4 Å². The Bertz CT molecular complexity index is 982. The number of nitrogens with one attached hydrogen (secondary N) is 2. The van der Waals surface area contributed by atoms with Crippen molar-refractivity contribution in [3.05, 3.63) is 39.3 Å². The van der Waals surface area contributed by atoms with Crippen LogP contribution >= 0.6 is 0 Å². The van der Waals surface area contributed by atoms with Gasteiger partial charge in [-0.15, -0.1) is 0 Å². The molecule has 0 aliphatic carbocycles. The summed E-state index contributed by atoms with van der Waals surface area (Å²) in [5.41, 5.74) is 3.06. The number of rotatable bonds is 3. The molecule has 0 fully saturated rings. The number of carbonyl (C=O) groups is 1. The Morgan fingerprint density at radius 2 is 1.96 bits per heavy atom. The fourth-order valence-corrected chi connectivity index (χ4v) is 2.80. The molecule has 1 aromatic carbocycles. The zero-order chi connectivity index (χ0) is 16.7. The summed E-state index contributed by atoms with van der Waals surface area (Å²) in [5.74, 6) is -0.0714. The second-order valence-corrected chi connectivity index (χ2v) is 5.38. The van der Waals surface area contributed by atoms with E-state index in [2.05, 4.69) is 9.97 Å². The largest absolute Gasteiger partial charge is 0.492 e. The molecule has 6 heteroatoms. The Hall–Kier alpha value is -2.76. The number of ether oxygens (including phenoxy) is 2. The second-order valence-electron chi connectivity index (χ2n) is 5.38. The molecule has 0 atom stereocenters. The summed E-state index contributed by atoms with van der Waals surface area (Å²) in [4.78, 5) is 30.9. The predicted octanol–water partition coefficient (Wildman–Crippen LogP) is 2.81. The molecule has 2 N–H and O–H groups in total. The Morgan fingerprint density at radius 3 is 2.61 bits per heavy atom. The lowest BCUT2D eigenvalue weighted by Crippen LogP contribution is -2.18. The van der Waals surface area contributed by atoms with Crippen LogP contribution in [0.1, 0.15) is 28.5 Å². The fourth-order valence-electron chi connectivity index (χ4n) is 2.80. The van der Waals surface area contributed by atoms with Gasteiger partial charge in [0.2, 0.25) is 5.43 Å². The number of aromatic amines is 2. The maximum absolute atomic E-state index is 12.7. The molecule has 0 unspecified atom stereocenters. The molecular weight excluding hydrogens is 296 g/mol. The van der Waals surface area contributed by atoms with Crippen LogP contribution in [0.4, 0.5) is 0 Å². The van der Waals surface area contributed by atoms with Gasteiger partial charge in [0.25, 0.3) is 0 Å². The molecule has 0 saturated carbocycles. The first-order valence-corrected chi connectivity index (χ1v) is 7.38. The minimum atomic E-state index is -0.628. The summed E-state index contributed by atoms with van der Waals surface area (Å²) in [6.45, 7) is 5.86. The van der Waals surface area contributed by atoms with Crippen LogP contribution in [0, 0.1) is 13.8 Å². The van der Waals surface area contributed by atoms with Crippen molar-refractivity contribution < 1.29 is 14.3 Å². The molecule has 120 valence electrons. The van der Waals surface area contributed by atoms with Crippen LogP contribution in [0.15, 0.2) is 17.1 Å². The number of esters is 1. The Labute approximate surface area is 132 Å². The predicted molar refractivity (Wildman–Crippen MR) is 88.4 cm³/mol. The van der Waals surface area contributed by atoms with Gasteiger partial charge in [-0.25, -0.2) is 4.79 Å². The zero-order valence-electron chi connectivity index (χ0n) is 13.5. The monoisotopic (exact) mass is 314 g/mol. The van der Waals surface area contributed by atoms with Gasteiger partial charge in [-0.3, -0.25) is 4.79 Å². The summed E-state index contributed by atoms with van der Waals surface area (Å²) in [6.07, 6.45) is 1.37. The van der Waals surface area contributed by atoms with E-state index in [1.165, 1.54) is 6.20 Å². The average Bonchev–Trinajstić information content (AvgIpc) is 2.81. The summed E-state index contributed by atoms with van der Waals surface area (Å²) in [7, 11) is 1.55. The van der Waals surface area contributed by atoms with Crippen molar-refractivity contribution in [3.8, 4) is 5.75 Å². The first-order valence-electron chi connectivity index (χ1n) is 7.38. The molecule has 3 rings (SSSR count). The maximum atomic E-state index is 12.7. The van der Waals surface area contributed by atoms with E-state index < -0.39 is 5.97 Å². The molecule has 0 aliphatic heterocycles. The number of pyridine rings is 1. The Balaban J connectivity index is 2.42. The molecule has 0 radical (unpaired) electrons. The average molecular weight is 314 g/mol. The summed E-state index contributed by atoms with van der Waals surface area (Å²) >= 11 is 0. The molecule has 0 amide bonds. The normalized spacial score (nSPS) is 11.1. The molecule has 3 aromatic rings. The van der Waals surface area contributed by atoms with Gasteiger partial charge in [0, 0.05) is 17.3 Å². The Morgan fingerprint density at radius 1 is 1.22 bits per heavy atom. The third-order valence-electron chi connectivity index (χ3n) is 4.11. The highest BCUT2D eigenvalue weighted by atomic mass is 16.5. The lowest BCUT2D eigenvalue weighted by Gasteiger charge is -2.09. The van der Waals surface area contributed by atoms with Crippen LogP contribution in [0.3, 0.4) is 0 Å². The van der Waals surface area contributed by atoms with Crippen LogP contribution in [-0.4, -0.2) is 29.7 Å². The zero-order valence-corrected chi connectivity index (χ0v) is 13.5. The topological polar surface area (TPSA) is 84.2 Å². The van der Waals surface area contributed by atoms with Gasteiger partial charge in [-0.1, -0.05) is 0 Å². The van der Waals surface area contributed by atoms with Crippen LogP contribution in [-0.2, 0) is 4.74 Å². The lowest BCUT2D eigenvalue weighted by atomic mass is 10.1.